The number of aromatic nitrogens is 3. The molecule has 0 spiro atoms. The van der Waals surface area contributed by atoms with Crippen LogP contribution in [-0.2, 0) is 6.42 Å². The largest absolute Gasteiger partial charge is 0.319 e. The van der Waals surface area contributed by atoms with Crippen molar-refractivity contribution in [3.63, 3.8) is 0 Å². The quantitative estimate of drug-likeness (QED) is 0.897. The van der Waals surface area contributed by atoms with E-state index in [0.29, 0.717) is 0 Å². The Balaban J connectivity index is 2.41. The highest BCUT2D eigenvalue weighted by Gasteiger charge is 2.07. The fourth-order valence-corrected chi connectivity index (χ4v) is 1.88. The molecule has 2 heterocycles. The van der Waals surface area contributed by atoms with Crippen LogP contribution < -0.4 is 5.32 Å². The van der Waals surface area contributed by atoms with Crippen LogP contribution in [0.3, 0.4) is 0 Å². The van der Waals surface area contributed by atoms with Crippen LogP contribution in [-0.4, -0.2) is 28.0 Å². The molecular formula is C9H11BrN4. The zero-order valence-electron chi connectivity index (χ0n) is 7.87. The number of imidazole rings is 1. The van der Waals surface area contributed by atoms with Crippen molar-refractivity contribution >= 4 is 21.6 Å². The summed E-state index contributed by atoms with van der Waals surface area (Å²) in [6, 6.07) is 1.90. The van der Waals surface area contributed by atoms with Gasteiger partial charge in [-0.15, -0.1) is 0 Å². The smallest absolute Gasteiger partial charge is 0.140 e. The third-order valence-electron chi connectivity index (χ3n) is 2.05. The molecule has 0 fully saturated rings. The molecular weight excluding hydrogens is 244 g/mol. The van der Waals surface area contributed by atoms with Gasteiger partial charge in [-0.05, 0) is 29.0 Å². The molecule has 14 heavy (non-hydrogen) atoms. The van der Waals surface area contributed by atoms with Gasteiger partial charge in [0.1, 0.15) is 16.6 Å². The number of rotatable bonds is 3. The SMILES string of the molecule is CNCCc1nc2ccncn2c1Br. The minimum absolute atomic E-state index is 0.915. The maximum absolute atomic E-state index is 4.49. The van der Waals surface area contributed by atoms with Crippen LogP contribution >= 0.6 is 15.9 Å². The topological polar surface area (TPSA) is 42.2 Å². The second kappa shape index (κ2) is 4.06. The Morgan fingerprint density at radius 2 is 2.43 bits per heavy atom. The van der Waals surface area contributed by atoms with E-state index >= 15 is 0 Å². The molecule has 0 amide bonds. The molecule has 0 radical (unpaired) electrons. The van der Waals surface area contributed by atoms with Crippen molar-refractivity contribution in [1.29, 1.82) is 0 Å². The van der Waals surface area contributed by atoms with Crippen molar-refractivity contribution in [1.82, 2.24) is 19.7 Å². The molecule has 0 bridgehead atoms. The first-order valence-corrected chi connectivity index (χ1v) is 5.23. The molecule has 2 aromatic heterocycles. The zero-order valence-corrected chi connectivity index (χ0v) is 9.45. The number of likely N-dealkylation sites (N-methyl/N-ethyl adjacent to an activating group) is 1. The Morgan fingerprint density at radius 3 is 3.14 bits per heavy atom. The van der Waals surface area contributed by atoms with Gasteiger partial charge in [-0.2, -0.15) is 0 Å². The first kappa shape index (κ1) is 9.61. The summed E-state index contributed by atoms with van der Waals surface area (Å²) in [5.74, 6) is 0. The van der Waals surface area contributed by atoms with Gasteiger partial charge in [0.05, 0.1) is 5.69 Å². The van der Waals surface area contributed by atoms with Gasteiger partial charge in [0, 0.05) is 19.2 Å². The lowest BCUT2D eigenvalue weighted by molar-refractivity contribution is 0.777. The fourth-order valence-electron chi connectivity index (χ4n) is 1.32. The summed E-state index contributed by atoms with van der Waals surface area (Å²) in [5.41, 5.74) is 1.99. The third kappa shape index (κ3) is 1.65. The molecule has 0 saturated carbocycles. The summed E-state index contributed by atoms with van der Waals surface area (Å²) in [6.45, 7) is 0.926. The van der Waals surface area contributed by atoms with E-state index in [1.807, 2.05) is 17.5 Å². The average molecular weight is 255 g/mol. The molecule has 74 valence electrons. The molecule has 0 aliphatic carbocycles. The Kier molecular flexibility index (Phi) is 2.79. The van der Waals surface area contributed by atoms with E-state index in [2.05, 4.69) is 31.2 Å². The normalized spacial score (nSPS) is 11.0. The van der Waals surface area contributed by atoms with Gasteiger partial charge < -0.3 is 5.32 Å². The number of nitrogens with zero attached hydrogens (tertiary/aromatic N) is 3. The minimum Gasteiger partial charge on any atom is -0.319 e. The molecule has 2 rings (SSSR count). The van der Waals surface area contributed by atoms with E-state index in [9.17, 15) is 0 Å². The third-order valence-corrected chi connectivity index (χ3v) is 2.89. The Morgan fingerprint density at radius 1 is 1.57 bits per heavy atom. The lowest BCUT2D eigenvalue weighted by atomic mass is 10.3. The fraction of sp³-hybridized carbons (Fsp3) is 0.333. The molecule has 0 saturated heterocycles. The Labute approximate surface area is 90.5 Å². The molecule has 0 aromatic carbocycles. The van der Waals surface area contributed by atoms with Crippen molar-refractivity contribution < 1.29 is 0 Å². The van der Waals surface area contributed by atoms with Crippen molar-refractivity contribution in [2.24, 2.45) is 0 Å². The second-order valence-corrected chi connectivity index (χ2v) is 3.76. The molecule has 4 nitrogen and oxygen atoms in total. The summed E-state index contributed by atoms with van der Waals surface area (Å²) in [4.78, 5) is 8.53. The summed E-state index contributed by atoms with van der Waals surface area (Å²) in [5, 5.41) is 3.10. The number of hydrogen-bond acceptors (Lipinski definition) is 3. The summed E-state index contributed by atoms with van der Waals surface area (Å²) >= 11 is 3.51. The molecule has 5 heteroatoms. The van der Waals surface area contributed by atoms with Gasteiger partial charge >= 0.3 is 0 Å². The van der Waals surface area contributed by atoms with Crippen LogP contribution in [0.5, 0.6) is 0 Å². The van der Waals surface area contributed by atoms with Crippen molar-refractivity contribution in [3.8, 4) is 0 Å². The number of halogens is 1. The lowest BCUT2D eigenvalue weighted by Crippen LogP contribution is -2.10. The van der Waals surface area contributed by atoms with Gasteiger partial charge in [-0.25, -0.2) is 9.97 Å². The zero-order chi connectivity index (χ0) is 9.97. The summed E-state index contributed by atoms with van der Waals surface area (Å²) < 4.78 is 2.93. The van der Waals surface area contributed by atoms with Crippen LogP contribution in [0, 0.1) is 0 Å². The van der Waals surface area contributed by atoms with E-state index in [-0.39, 0.29) is 0 Å². The predicted molar refractivity (Wildman–Crippen MR) is 58.3 cm³/mol. The van der Waals surface area contributed by atoms with Crippen molar-refractivity contribution in [2.45, 2.75) is 6.42 Å². The minimum atomic E-state index is 0.915. The van der Waals surface area contributed by atoms with Crippen molar-refractivity contribution in [2.75, 3.05) is 13.6 Å². The highest BCUT2D eigenvalue weighted by Crippen LogP contribution is 2.18. The monoisotopic (exact) mass is 254 g/mol. The number of hydrogen-bond donors (Lipinski definition) is 1. The van der Waals surface area contributed by atoms with E-state index in [0.717, 1.165) is 28.9 Å². The molecule has 0 aliphatic heterocycles. The second-order valence-electron chi connectivity index (χ2n) is 3.01. The maximum atomic E-state index is 4.49. The standard InChI is InChI=1S/C9H11BrN4/c1-11-4-2-7-9(10)14-6-12-5-3-8(14)13-7/h3,5-6,11H,2,4H2,1H3. The first-order chi connectivity index (χ1) is 6.83. The van der Waals surface area contributed by atoms with Gasteiger partial charge in [0.25, 0.3) is 0 Å². The van der Waals surface area contributed by atoms with Gasteiger partial charge in [-0.3, -0.25) is 4.40 Å². The lowest BCUT2D eigenvalue weighted by Gasteiger charge is -1.96. The Bertz CT molecular complexity index is 437. The van der Waals surface area contributed by atoms with Gasteiger partial charge in [0.15, 0.2) is 0 Å². The Hall–Kier alpha value is -0.940. The molecule has 0 atom stereocenters. The van der Waals surface area contributed by atoms with Crippen molar-refractivity contribution in [3.05, 3.63) is 28.9 Å². The van der Waals surface area contributed by atoms with Crippen LogP contribution in [0.2, 0.25) is 0 Å². The number of nitrogens with one attached hydrogen (secondary N) is 1. The predicted octanol–water partition coefficient (Wildman–Crippen LogP) is 1.25. The molecule has 2 aromatic rings. The van der Waals surface area contributed by atoms with E-state index < -0.39 is 0 Å². The van der Waals surface area contributed by atoms with Crippen LogP contribution in [0.1, 0.15) is 5.69 Å². The summed E-state index contributed by atoms with van der Waals surface area (Å²) in [6.07, 6.45) is 4.42. The highest BCUT2D eigenvalue weighted by atomic mass is 79.9. The maximum Gasteiger partial charge on any atom is 0.140 e. The number of fused-ring (bicyclic) bond motifs is 1. The first-order valence-electron chi connectivity index (χ1n) is 4.44. The van der Waals surface area contributed by atoms with Crippen LogP contribution in [0.25, 0.3) is 5.65 Å². The molecule has 0 unspecified atom stereocenters. The van der Waals surface area contributed by atoms with E-state index in [4.69, 9.17) is 0 Å². The highest BCUT2D eigenvalue weighted by molar-refractivity contribution is 9.10. The van der Waals surface area contributed by atoms with E-state index in [1.54, 1.807) is 12.5 Å². The average Bonchev–Trinajstić information content (AvgIpc) is 2.54. The summed E-state index contributed by atoms with van der Waals surface area (Å²) in [7, 11) is 1.94. The van der Waals surface area contributed by atoms with Crippen LogP contribution in [0.15, 0.2) is 23.2 Å². The van der Waals surface area contributed by atoms with Gasteiger partial charge in [0.2, 0.25) is 0 Å². The van der Waals surface area contributed by atoms with Gasteiger partial charge in [-0.1, -0.05) is 0 Å². The molecule has 1 N–H and O–H groups in total. The van der Waals surface area contributed by atoms with E-state index in [1.165, 1.54) is 0 Å². The molecule has 0 aliphatic rings. The van der Waals surface area contributed by atoms with Crippen LogP contribution in [0.4, 0.5) is 0 Å².